The Hall–Kier alpha value is -0.450. The van der Waals surface area contributed by atoms with Crippen LogP contribution in [-0.2, 0) is 19.7 Å². The average molecular weight is 411 g/mol. The zero-order valence-corrected chi connectivity index (χ0v) is 17.1. The number of nitrogens with two attached hydrogens (primary N) is 1. The van der Waals surface area contributed by atoms with E-state index >= 15 is 0 Å². The first kappa shape index (κ1) is 21.8. The summed E-state index contributed by atoms with van der Waals surface area (Å²) in [5, 5.41) is 0. The van der Waals surface area contributed by atoms with E-state index in [0.29, 0.717) is 52.5 Å². The van der Waals surface area contributed by atoms with Crippen molar-refractivity contribution in [2.24, 2.45) is 11.7 Å². The second-order valence-corrected chi connectivity index (χ2v) is 9.48. The van der Waals surface area contributed by atoms with Crippen LogP contribution in [-0.4, -0.2) is 85.9 Å². The van der Waals surface area contributed by atoms with Crippen molar-refractivity contribution < 1.29 is 17.9 Å². The molecule has 26 heavy (non-hydrogen) atoms. The summed E-state index contributed by atoms with van der Waals surface area (Å²) in [5.41, 5.74) is 5.90. The van der Waals surface area contributed by atoms with Crippen molar-refractivity contribution in [1.29, 1.82) is 0 Å². The Balaban J connectivity index is 0.00000243. The van der Waals surface area contributed by atoms with Crippen molar-refractivity contribution in [2.75, 3.05) is 52.5 Å². The minimum atomic E-state index is -3.46. The highest BCUT2D eigenvalue weighted by atomic mass is 35.5. The summed E-state index contributed by atoms with van der Waals surface area (Å²) in [6.07, 6.45) is 3.81. The molecule has 2 saturated heterocycles. The molecule has 2 unspecified atom stereocenters. The smallest absolute Gasteiger partial charge is 0.282 e. The van der Waals surface area contributed by atoms with Gasteiger partial charge in [0.15, 0.2) is 0 Å². The highest BCUT2D eigenvalue weighted by Crippen LogP contribution is 2.33. The number of hydrogen-bond donors (Lipinski definition) is 1. The van der Waals surface area contributed by atoms with E-state index in [4.69, 9.17) is 10.5 Å². The van der Waals surface area contributed by atoms with Gasteiger partial charge in [-0.3, -0.25) is 4.79 Å². The van der Waals surface area contributed by atoms with Gasteiger partial charge in [0.2, 0.25) is 5.91 Å². The van der Waals surface area contributed by atoms with Gasteiger partial charge in [-0.2, -0.15) is 17.0 Å². The summed E-state index contributed by atoms with van der Waals surface area (Å²) in [4.78, 5) is 14.7. The van der Waals surface area contributed by atoms with Gasteiger partial charge in [-0.25, -0.2) is 0 Å². The molecule has 2 N–H and O–H groups in total. The summed E-state index contributed by atoms with van der Waals surface area (Å²) >= 11 is 0. The Bertz CT molecular complexity index is 587. The van der Waals surface area contributed by atoms with Crippen molar-refractivity contribution in [3.63, 3.8) is 0 Å². The predicted molar refractivity (Wildman–Crippen MR) is 101 cm³/mol. The lowest BCUT2D eigenvalue weighted by molar-refractivity contribution is -0.140. The molecular weight excluding hydrogens is 380 g/mol. The number of carbonyl (C=O) groups is 1. The number of amides is 1. The molecule has 0 spiro atoms. The van der Waals surface area contributed by atoms with Gasteiger partial charge in [-0.1, -0.05) is 12.8 Å². The van der Waals surface area contributed by atoms with E-state index in [9.17, 15) is 13.2 Å². The van der Waals surface area contributed by atoms with Crippen LogP contribution in [0.25, 0.3) is 0 Å². The maximum Gasteiger partial charge on any atom is 0.282 e. The summed E-state index contributed by atoms with van der Waals surface area (Å²) in [6.45, 7) is 5.21. The van der Waals surface area contributed by atoms with E-state index in [0.717, 1.165) is 25.7 Å². The molecule has 1 aliphatic carbocycles. The Labute approximate surface area is 162 Å². The zero-order chi connectivity index (χ0) is 18.1. The van der Waals surface area contributed by atoms with E-state index < -0.39 is 15.7 Å². The molecule has 0 aromatic heterocycles. The second kappa shape index (κ2) is 8.70. The maximum absolute atomic E-state index is 12.9. The molecule has 0 aromatic carbocycles. The van der Waals surface area contributed by atoms with Crippen LogP contribution in [0.3, 0.4) is 0 Å². The lowest BCUT2D eigenvalue weighted by Gasteiger charge is -2.42. The van der Waals surface area contributed by atoms with Crippen LogP contribution in [0, 0.1) is 5.92 Å². The molecule has 8 nitrogen and oxygen atoms in total. The van der Waals surface area contributed by atoms with E-state index in [2.05, 4.69) is 0 Å². The van der Waals surface area contributed by atoms with Crippen molar-refractivity contribution in [2.45, 2.75) is 38.1 Å². The SMILES string of the molecule is CC1(N)CCCCC1C(=O)N1CCN(S(=O)(=O)N2CCOCC2)CC1.Cl. The average Bonchev–Trinajstić information content (AvgIpc) is 2.62. The van der Waals surface area contributed by atoms with E-state index in [1.807, 2.05) is 6.92 Å². The normalized spacial score (nSPS) is 32.1. The molecule has 2 aliphatic heterocycles. The van der Waals surface area contributed by atoms with Gasteiger partial charge >= 0.3 is 0 Å². The summed E-state index contributed by atoms with van der Waals surface area (Å²) in [7, 11) is -3.46. The molecule has 152 valence electrons. The Morgan fingerprint density at radius 2 is 1.62 bits per heavy atom. The number of halogens is 1. The fourth-order valence-corrected chi connectivity index (χ4v) is 5.63. The largest absolute Gasteiger partial charge is 0.379 e. The highest BCUT2D eigenvalue weighted by molar-refractivity contribution is 7.86. The molecule has 3 aliphatic rings. The number of ether oxygens (including phenoxy) is 1. The molecule has 0 aromatic rings. The third-order valence-corrected chi connectivity index (χ3v) is 7.76. The van der Waals surface area contributed by atoms with E-state index in [-0.39, 0.29) is 24.2 Å². The van der Waals surface area contributed by atoms with Crippen LogP contribution in [0.5, 0.6) is 0 Å². The van der Waals surface area contributed by atoms with Crippen LogP contribution in [0.15, 0.2) is 0 Å². The first-order chi connectivity index (χ1) is 11.8. The number of carbonyl (C=O) groups excluding carboxylic acids is 1. The zero-order valence-electron chi connectivity index (χ0n) is 15.4. The van der Waals surface area contributed by atoms with Gasteiger partial charge in [0.25, 0.3) is 10.2 Å². The molecule has 3 fully saturated rings. The fraction of sp³-hybridized carbons (Fsp3) is 0.938. The topological polar surface area (TPSA) is 96.2 Å². The molecule has 10 heteroatoms. The minimum Gasteiger partial charge on any atom is -0.379 e. The first-order valence-electron chi connectivity index (χ1n) is 9.23. The van der Waals surface area contributed by atoms with Crippen LogP contribution in [0.2, 0.25) is 0 Å². The van der Waals surface area contributed by atoms with Gasteiger partial charge < -0.3 is 15.4 Å². The van der Waals surface area contributed by atoms with Gasteiger partial charge in [-0.15, -0.1) is 12.4 Å². The van der Waals surface area contributed by atoms with Crippen molar-refractivity contribution in [3.8, 4) is 0 Å². The van der Waals surface area contributed by atoms with Gasteiger partial charge in [0.1, 0.15) is 0 Å². The molecule has 1 saturated carbocycles. The number of rotatable bonds is 3. The number of morpholine rings is 1. The standard InChI is InChI=1S/C16H30N4O4S.ClH/c1-16(17)5-3-2-4-14(16)15(21)18-6-8-19(9-7-18)25(22,23)20-10-12-24-13-11-20;/h14H,2-13,17H2,1H3;1H. The molecule has 0 bridgehead atoms. The molecule has 0 radical (unpaired) electrons. The third-order valence-electron chi connectivity index (χ3n) is 5.73. The van der Waals surface area contributed by atoms with Crippen LogP contribution in [0.1, 0.15) is 32.6 Å². The lowest BCUT2D eigenvalue weighted by Crippen LogP contribution is -2.59. The quantitative estimate of drug-likeness (QED) is 0.708. The van der Waals surface area contributed by atoms with E-state index in [1.165, 1.54) is 8.61 Å². The van der Waals surface area contributed by atoms with Crippen molar-refractivity contribution in [3.05, 3.63) is 0 Å². The summed E-state index contributed by atoms with van der Waals surface area (Å²) in [5.74, 6) is -0.0585. The fourth-order valence-electron chi connectivity index (χ4n) is 4.06. The Morgan fingerprint density at radius 3 is 2.19 bits per heavy atom. The molecular formula is C16H31ClN4O4S. The highest BCUT2D eigenvalue weighted by Gasteiger charge is 2.41. The monoisotopic (exact) mass is 410 g/mol. The van der Waals surface area contributed by atoms with Crippen LogP contribution < -0.4 is 5.73 Å². The molecule has 1 amide bonds. The maximum atomic E-state index is 12.9. The third kappa shape index (κ3) is 4.51. The Kier molecular flexibility index (Phi) is 7.31. The van der Waals surface area contributed by atoms with Crippen molar-refractivity contribution >= 4 is 28.5 Å². The van der Waals surface area contributed by atoms with Gasteiger partial charge in [0, 0.05) is 44.8 Å². The number of nitrogens with zero attached hydrogens (tertiary/aromatic N) is 3. The first-order valence-corrected chi connectivity index (χ1v) is 10.6. The molecule has 2 atom stereocenters. The molecule has 3 rings (SSSR count). The summed E-state index contributed by atoms with van der Waals surface area (Å²) < 4.78 is 33.6. The molecule has 2 heterocycles. The van der Waals surface area contributed by atoms with E-state index in [1.54, 1.807) is 4.90 Å². The number of piperazine rings is 1. The minimum absolute atomic E-state index is 0. The van der Waals surface area contributed by atoms with Crippen molar-refractivity contribution in [1.82, 2.24) is 13.5 Å². The van der Waals surface area contributed by atoms with Gasteiger partial charge in [0.05, 0.1) is 19.1 Å². The predicted octanol–water partition coefficient (Wildman–Crippen LogP) is 0.0370. The Morgan fingerprint density at radius 1 is 1.04 bits per heavy atom. The van der Waals surface area contributed by atoms with Crippen LogP contribution >= 0.6 is 12.4 Å². The lowest BCUT2D eigenvalue weighted by atomic mass is 9.74. The number of hydrogen-bond acceptors (Lipinski definition) is 5. The van der Waals surface area contributed by atoms with Gasteiger partial charge in [-0.05, 0) is 19.8 Å². The summed E-state index contributed by atoms with van der Waals surface area (Å²) in [6, 6.07) is 0. The second-order valence-electron chi connectivity index (χ2n) is 7.55. The van der Waals surface area contributed by atoms with Crippen LogP contribution in [0.4, 0.5) is 0 Å².